The Bertz CT molecular complexity index is 585. The molecule has 0 aromatic heterocycles. The van der Waals surface area contributed by atoms with Gasteiger partial charge in [-0.2, -0.15) is 0 Å². The number of rotatable bonds is 25. The fraction of sp³-hybridized carbons (Fsp3) is 0.852. The van der Waals surface area contributed by atoms with Crippen molar-refractivity contribution in [2.75, 3.05) is 6.54 Å². The second-order valence-corrected chi connectivity index (χ2v) is 9.65. The molecule has 1 amide bonds. The molecule has 0 aliphatic heterocycles. The molecule has 0 bridgehead atoms. The van der Waals surface area contributed by atoms with E-state index in [1.165, 1.54) is 57.8 Å². The van der Waals surface area contributed by atoms with Crippen molar-refractivity contribution in [3.63, 3.8) is 0 Å². The third-order valence-corrected chi connectivity index (χ3v) is 6.43. The Balaban J connectivity index is 4.09. The molecule has 0 heterocycles. The van der Waals surface area contributed by atoms with Crippen molar-refractivity contribution in [1.82, 2.24) is 5.32 Å². The summed E-state index contributed by atoms with van der Waals surface area (Å²) in [5, 5.41) is 11.9. The topological polar surface area (TPSA) is 153 Å². The number of ketones is 1. The molecule has 0 aromatic carbocycles. The van der Waals surface area contributed by atoms with Gasteiger partial charge in [0.1, 0.15) is 6.04 Å². The summed E-state index contributed by atoms with van der Waals surface area (Å²) in [5.74, 6) is -3.49. The summed E-state index contributed by atoms with van der Waals surface area (Å²) in [6.45, 7) is 2.72. The molecule has 0 spiro atoms. The number of carboxylic acids is 1. The normalized spacial score (nSPS) is 13.7. The van der Waals surface area contributed by atoms with E-state index < -0.39 is 29.8 Å². The number of unbranched alkanes of at least 4 members (excludes halogenated alkanes) is 13. The zero-order chi connectivity index (χ0) is 26.3. The maximum atomic E-state index is 12.4. The van der Waals surface area contributed by atoms with E-state index in [1.807, 2.05) is 0 Å². The number of Topliss-reactive ketones (excluding diaryl/α,β-unsaturated/α-hetero) is 1. The standard InChI is InChI=1S/C27H50N3O5/c1-2-3-4-5-6-7-8-9-10-11-12-13-14-18-25(32)30-24(27(34)35)20-22(21-31)26(33)23(29)17-15-16-19-28/h22-24H,2-20,28-29H2,1H3,(H,30,32)(H,34,35)/t22?,23-,24-/m0/s1. The lowest BCUT2D eigenvalue weighted by Crippen LogP contribution is -2.45. The molecule has 3 atom stereocenters. The number of hydrogen-bond donors (Lipinski definition) is 4. The summed E-state index contributed by atoms with van der Waals surface area (Å²) in [6.07, 6.45) is 18.8. The molecule has 0 saturated heterocycles. The third-order valence-electron chi connectivity index (χ3n) is 6.43. The first kappa shape index (κ1) is 33.2. The lowest BCUT2D eigenvalue weighted by Gasteiger charge is -2.19. The van der Waals surface area contributed by atoms with E-state index in [4.69, 9.17) is 11.5 Å². The zero-order valence-electron chi connectivity index (χ0n) is 21.9. The van der Waals surface area contributed by atoms with Crippen LogP contribution in [0.5, 0.6) is 0 Å². The van der Waals surface area contributed by atoms with Crippen LogP contribution in [-0.2, 0) is 19.2 Å². The summed E-state index contributed by atoms with van der Waals surface area (Å²) in [4.78, 5) is 47.5. The molecule has 0 aliphatic rings. The fourth-order valence-corrected chi connectivity index (χ4v) is 4.16. The number of carboxylic acid groups (broad SMARTS) is 1. The van der Waals surface area contributed by atoms with Crippen LogP contribution in [0.4, 0.5) is 0 Å². The second-order valence-electron chi connectivity index (χ2n) is 9.65. The molecule has 0 rings (SSSR count). The highest BCUT2D eigenvalue weighted by Gasteiger charge is 2.31. The Labute approximate surface area is 212 Å². The fourth-order valence-electron chi connectivity index (χ4n) is 4.16. The summed E-state index contributed by atoms with van der Waals surface area (Å²) in [6, 6.07) is -2.19. The lowest BCUT2D eigenvalue weighted by molar-refractivity contribution is -0.142. The smallest absolute Gasteiger partial charge is 0.326 e. The summed E-state index contributed by atoms with van der Waals surface area (Å²) in [5.41, 5.74) is 11.3. The minimum atomic E-state index is -1.32. The van der Waals surface area contributed by atoms with Crippen LogP contribution in [0.15, 0.2) is 0 Å². The van der Waals surface area contributed by atoms with Crippen molar-refractivity contribution in [2.24, 2.45) is 17.4 Å². The molecular formula is C27H50N3O5. The van der Waals surface area contributed by atoms with Crippen molar-refractivity contribution in [3.8, 4) is 0 Å². The van der Waals surface area contributed by atoms with Gasteiger partial charge in [-0.05, 0) is 32.2 Å². The highest BCUT2D eigenvalue weighted by molar-refractivity contribution is 5.97. The molecule has 1 radical (unpaired) electrons. The van der Waals surface area contributed by atoms with Crippen LogP contribution in [0.25, 0.3) is 0 Å². The Morgan fingerprint density at radius 3 is 1.80 bits per heavy atom. The Morgan fingerprint density at radius 1 is 0.829 bits per heavy atom. The van der Waals surface area contributed by atoms with Crippen LogP contribution in [0.1, 0.15) is 122 Å². The molecule has 35 heavy (non-hydrogen) atoms. The van der Waals surface area contributed by atoms with E-state index >= 15 is 0 Å². The van der Waals surface area contributed by atoms with Crippen molar-refractivity contribution in [3.05, 3.63) is 0 Å². The molecule has 0 fully saturated rings. The number of amides is 1. The van der Waals surface area contributed by atoms with Crippen LogP contribution in [0.3, 0.4) is 0 Å². The maximum Gasteiger partial charge on any atom is 0.326 e. The average molecular weight is 497 g/mol. The molecule has 1 unspecified atom stereocenters. The Hall–Kier alpha value is -1.80. The van der Waals surface area contributed by atoms with Crippen LogP contribution < -0.4 is 16.8 Å². The zero-order valence-corrected chi connectivity index (χ0v) is 21.9. The molecule has 0 saturated carbocycles. The molecule has 8 heteroatoms. The summed E-state index contributed by atoms with van der Waals surface area (Å²) >= 11 is 0. The first-order valence-electron chi connectivity index (χ1n) is 13.8. The van der Waals surface area contributed by atoms with Gasteiger partial charge in [0.15, 0.2) is 5.78 Å². The summed E-state index contributed by atoms with van der Waals surface area (Å²) in [7, 11) is 0. The van der Waals surface area contributed by atoms with Gasteiger partial charge in [0.25, 0.3) is 0 Å². The van der Waals surface area contributed by atoms with Crippen LogP contribution in [0, 0.1) is 5.92 Å². The molecule has 8 nitrogen and oxygen atoms in total. The van der Waals surface area contributed by atoms with E-state index in [2.05, 4.69) is 12.2 Å². The molecule has 0 aromatic rings. The van der Waals surface area contributed by atoms with Crippen molar-refractivity contribution < 1.29 is 24.3 Å². The lowest BCUT2D eigenvalue weighted by atomic mass is 9.90. The quantitative estimate of drug-likeness (QED) is 0.109. The molecular weight excluding hydrogens is 446 g/mol. The number of nitrogens with one attached hydrogen (secondary N) is 1. The molecule has 6 N–H and O–H groups in total. The number of hydrogen-bond acceptors (Lipinski definition) is 6. The predicted molar refractivity (Wildman–Crippen MR) is 140 cm³/mol. The minimum absolute atomic E-state index is 0.226. The van der Waals surface area contributed by atoms with Crippen LogP contribution in [-0.4, -0.2) is 47.7 Å². The van der Waals surface area contributed by atoms with Gasteiger partial charge in [-0.25, -0.2) is 4.79 Å². The molecule has 203 valence electrons. The van der Waals surface area contributed by atoms with Crippen molar-refractivity contribution >= 4 is 23.9 Å². The number of carbonyl (C=O) groups is 3. The average Bonchev–Trinajstić information content (AvgIpc) is 2.84. The summed E-state index contributed by atoms with van der Waals surface area (Å²) < 4.78 is 0. The van der Waals surface area contributed by atoms with Gasteiger partial charge < -0.3 is 21.9 Å². The van der Waals surface area contributed by atoms with E-state index in [1.54, 1.807) is 6.29 Å². The van der Waals surface area contributed by atoms with Gasteiger partial charge in [0.2, 0.25) is 12.2 Å². The van der Waals surface area contributed by atoms with Gasteiger partial charge in [-0.15, -0.1) is 0 Å². The van der Waals surface area contributed by atoms with E-state index in [0.29, 0.717) is 32.2 Å². The number of aliphatic carboxylic acids is 1. The monoisotopic (exact) mass is 496 g/mol. The maximum absolute atomic E-state index is 12.4. The highest BCUT2D eigenvalue weighted by Crippen LogP contribution is 2.14. The molecule has 0 aliphatic carbocycles. The second kappa shape index (κ2) is 22.7. The van der Waals surface area contributed by atoms with E-state index in [0.717, 1.165) is 19.3 Å². The number of carbonyl (C=O) groups excluding carboxylic acids is 3. The third kappa shape index (κ3) is 18.2. The largest absolute Gasteiger partial charge is 0.480 e. The van der Waals surface area contributed by atoms with Crippen molar-refractivity contribution in [2.45, 2.75) is 135 Å². The van der Waals surface area contributed by atoms with Gasteiger partial charge in [0, 0.05) is 6.42 Å². The van der Waals surface area contributed by atoms with Crippen LogP contribution in [0.2, 0.25) is 0 Å². The Morgan fingerprint density at radius 2 is 1.34 bits per heavy atom. The van der Waals surface area contributed by atoms with Crippen molar-refractivity contribution in [1.29, 1.82) is 0 Å². The van der Waals surface area contributed by atoms with Crippen LogP contribution >= 0.6 is 0 Å². The first-order chi connectivity index (χ1) is 16.9. The van der Waals surface area contributed by atoms with E-state index in [-0.39, 0.29) is 18.7 Å². The number of nitrogens with two attached hydrogens (primary N) is 2. The van der Waals surface area contributed by atoms with E-state index in [9.17, 15) is 24.3 Å². The van der Waals surface area contributed by atoms with Gasteiger partial charge in [0.05, 0.1) is 12.0 Å². The first-order valence-corrected chi connectivity index (χ1v) is 13.8. The van der Waals surface area contributed by atoms with Gasteiger partial charge in [-0.3, -0.25) is 14.4 Å². The minimum Gasteiger partial charge on any atom is -0.480 e. The van der Waals surface area contributed by atoms with Gasteiger partial charge in [-0.1, -0.05) is 90.4 Å². The Kier molecular flexibility index (Phi) is 21.5. The predicted octanol–water partition coefficient (Wildman–Crippen LogP) is 4.18. The van der Waals surface area contributed by atoms with Gasteiger partial charge >= 0.3 is 5.97 Å². The SMILES string of the molecule is CCCCCCCCCCCCCCCC(=O)N[C@@H](CC([C]=O)C(=O)[C@@H](N)CCCCN)C(=O)O. The highest BCUT2D eigenvalue weighted by atomic mass is 16.4.